The highest BCUT2D eigenvalue weighted by Crippen LogP contribution is 2.62. The van der Waals surface area contributed by atoms with Gasteiger partial charge in [0, 0.05) is 12.5 Å². The largest absolute Gasteiger partial charge is 0.481 e. The van der Waals surface area contributed by atoms with Crippen LogP contribution in [0.2, 0.25) is 0 Å². The van der Waals surface area contributed by atoms with Crippen molar-refractivity contribution in [2.75, 3.05) is 13.2 Å². The second-order valence-electron chi connectivity index (χ2n) is 8.39. The number of amides is 1. The molecule has 0 radical (unpaired) electrons. The molecule has 3 atom stereocenters. The second-order valence-corrected chi connectivity index (χ2v) is 8.39. The van der Waals surface area contributed by atoms with Crippen LogP contribution in [0.5, 0.6) is 0 Å². The highest BCUT2D eigenvalue weighted by Gasteiger charge is 2.64. The van der Waals surface area contributed by atoms with Crippen molar-refractivity contribution >= 4 is 11.9 Å². The van der Waals surface area contributed by atoms with Crippen LogP contribution in [0.15, 0.2) is 48.5 Å². The van der Waals surface area contributed by atoms with Crippen molar-refractivity contribution in [3.63, 3.8) is 0 Å². The van der Waals surface area contributed by atoms with Gasteiger partial charge >= 0.3 is 5.97 Å². The first-order valence-electron chi connectivity index (χ1n) is 11.0. The summed E-state index contributed by atoms with van der Waals surface area (Å²) in [6, 6.07) is 15.3. The molecule has 0 saturated carbocycles. The van der Waals surface area contributed by atoms with Gasteiger partial charge < -0.3 is 20.3 Å². The summed E-state index contributed by atoms with van der Waals surface area (Å²) in [5, 5.41) is 23.6. The second kappa shape index (κ2) is 8.44. The van der Waals surface area contributed by atoms with Crippen molar-refractivity contribution < 1.29 is 24.5 Å². The Hall–Kier alpha value is -2.70. The summed E-state index contributed by atoms with van der Waals surface area (Å²) in [5.74, 6) is -3.63. The first-order chi connectivity index (χ1) is 15.0. The molecular weight excluding hydrogens is 394 g/mol. The van der Waals surface area contributed by atoms with Gasteiger partial charge in [-0.1, -0.05) is 62.4 Å². The van der Waals surface area contributed by atoms with E-state index in [9.17, 15) is 19.8 Å². The number of carbonyl (C=O) groups excluding carboxylic acids is 1. The number of benzene rings is 2. The van der Waals surface area contributed by atoms with Crippen LogP contribution in [0.4, 0.5) is 0 Å². The Morgan fingerprint density at radius 3 is 2.16 bits per heavy atom. The summed E-state index contributed by atoms with van der Waals surface area (Å²) in [6.45, 7) is 4.28. The summed E-state index contributed by atoms with van der Waals surface area (Å²) in [6.07, 6.45) is 0.522. The van der Waals surface area contributed by atoms with Gasteiger partial charge in [0.1, 0.15) is 11.5 Å². The molecule has 1 amide bonds. The van der Waals surface area contributed by atoms with Crippen molar-refractivity contribution in [3.8, 4) is 0 Å². The standard InChI is InChI=1S/C25H29NO5/c1-3-13-26-23(28)21-20-16-9-5-7-11-18(16)25(22(21)24(29)30,31-14-15(27)4-2)19-12-8-6-10-17(19)20/h5-12,15,20-22,27H,3-4,13-14H2,1-2H3,(H,26,28)(H,29,30). The minimum atomic E-state index is -1.35. The molecule has 3 aliphatic carbocycles. The summed E-state index contributed by atoms with van der Waals surface area (Å²) in [7, 11) is 0. The molecule has 0 aromatic heterocycles. The average Bonchev–Trinajstić information content (AvgIpc) is 2.80. The Balaban J connectivity index is 1.98. The zero-order chi connectivity index (χ0) is 22.2. The SMILES string of the molecule is CCCNC(=O)C1C2c3ccccc3C(OCC(O)CC)(c3ccccc32)C1C(=O)O. The van der Waals surface area contributed by atoms with Crippen molar-refractivity contribution in [3.05, 3.63) is 70.8 Å². The highest BCUT2D eigenvalue weighted by atomic mass is 16.5. The molecule has 5 rings (SSSR count). The van der Waals surface area contributed by atoms with E-state index in [1.165, 1.54) is 0 Å². The van der Waals surface area contributed by atoms with E-state index in [0.29, 0.717) is 13.0 Å². The normalized spacial score (nSPS) is 26.6. The van der Waals surface area contributed by atoms with E-state index in [2.05, 4.69) is 5.32 Å². The molecule has 6 nitrogen and oxygen atoms in total. The molecule has 0 spiro atoms. The highest BCUT2D eigenvalue weighted by molar-refractivity contribution is 5.90. The van der Waals surface area contributed by atoms with E-state index in [4.69, 9.17) is 4.74 Å². The predicted molar refractivity (Wildman–Crippen MR) is 116 cm³/mol. The molecule has 0 saturated heterocycles. The number of fused-ring (bicyclic) bond motifs is 1. The van der Waals surface area contributed by atoms with Crippen LogP contribution in [0.3, 0.4) is 0 Å². The van der Waals surface area contributed by atoms with Gasteiger partial charge in [0.2, 0.25) is 5.91 Å². The van der Waals surface area contributed by atoms with Crippen LogP contribution in [0.25, 0.3) is 0 Å². The number of aliphatic carboxylic acids is 1. The maximum Gasteiger partial charge on any atom is 0.311 e. The Labute approximate surface area is 182 Å². The molecule has 2 bridgehead atoms. The van der Waals surface area contributed by atoms with Gasteiger partial charge in [-0.3, -0.25) is 9.59 Å². The number of ether oxygens (including phenoxy) is 1. The topological polar surface area (TPSA) is 95.9 Å². The van der Waals surface area contributed by atoms with Gasteiger partial charge in [-0.05, 0) is 35.1 Å². The minimum Gasteiger partial charge on any atom is -0.481 e. The summed E-state index contributed by atoms with van der Waals surface area (Å²) in [4.78, 5) is 26.1. The number of carbonyl (C=O) groups is 2. The van der Waals surface area contributed by atoms with Crippen molar-refractivity contribution in [2.24, 2.45) is 11.8 Å². The molecule has 0 fully saturated rings. The molecule has 164 valence electrons. The van der Waals surface area contributed by atoms with E-state index < -0.39 is 29.5 Å². The Morgan fingerprint density at radius 2 is 1.65 bits per heavy atom. The van der Waals surface area contributed by atoms with E-state index in [0.717, 1.165) is 28.7 Å². The minimum absolute atomic E-state index is 0.0170. The molecule has 2 aromatic rings. The molecule has 6 heteroatoms. The summed E-state index contributed by atoms with van der Waals surface area (Å²) in [5.41, 5.74) is 2.03. The van der Waals surface area contributed by atoms with E-state index >= 15 is 0 Å². The lowest BCUT2D eigenvalue weighted by molar-refractivity contribution is -0.173. The monoisotopic (exact) mass is 423 g/mol. The number of aliphatic hydroxyl groups is 1. The zero-order valence-electron chi connectivity index (χ0n) is 17.9. The number of hydrogen-bond acceptors (Lipinski definition) is 4. The molecule has 0 aliphatic heterocycles. The Bertz CT molecular complexity index is 940. The van der Waals surface area contributed by atoms with Gasteiger partial charge in [0.15, 0.2) is 0 Å². The third-order valence-corrected chi connectivity index (χ3v) is 6.64. The van der Waals surface area contributed by atoms with Crippen LogP contribution in [0.1, 0.15) is 54.9 Å². The lowest BCUT2D eigenvalue weighted by Gasteiger charge is -2.55. The fourth-order valence-corrected chi connectivity index (χ4v) is 5.28. The summed E-state index contributed by atoms with van der Waals surface area (Å²) >= 11 is 0. The molecule has 3 aliphatic rings. The quantitative estimate of drug-likeness (QED) is 0.607. The molecule has 0 heterocycles. The van der Waals surface area contributed by atoms with Gasteiger partial charge in [0.25, 0.3) is 0 Å². The number of aliphatic hydroxyl groups excluding tert-OH is 1. The number of carboxylic acid groups (broad SMARTS) is 1. The fraction of sp³-hybridized carbons (Fsp3) is 0.440. The molecule has 3 unspecified atom stereocenters. The Morgan fingerprint density at radius 1 is 1.06 bits per heavy atom. The van der Waals surface area contributed by atoms with Gasteiger partial charge in [-0.15, -0.1) is 0 Å². The van der Waals surface area contributed by atoms with Crippen LogP contribution in [-0.4, -0.2) is 41.3 Å². The van der Waals surface area contributed by atoms with Crippen molar-refractivity contribution in [1.82, 2.24) is 5.32 Å². The Kier molecular flexibility index (Phi) is 5.86. The van der Waals surface area contributed by atoms with Crippen LogP contribution < -0.4 is 5.32 Å². The fourth-order valence-electron chi connectivity index (χ4n) is 5.28. The predicted octanol–water partition coefficient (Wildman–Crippen LogP) is 3.02. The van der Waals surface area contributed by atoms with Crippen LogP contribution >= 0.6 is 0 Å². The summed E-state index contributed by atoms with van der Waals surface area (Å²) < 4.78 is 6.41. The number of hydrogen-bond donors (Lipinski definition) is 3. The zero-order valence-corrected chi connectivity index (χ0v) is 17.9. The molecule has 3 N–H and O–H groups in total. The lowest BCUT2D eigenvalue weighted by atomic mass is 9.51. The maximum absolute atomic E-state index is 13.3. The van der Waals surface area contributed by atoms with Gasteiger partial charge in [0.05, 0.1) is 18.6 Å². The van der Waals surface area contributed by atoms with Crippen molar-refractivity contribution in [2.45, 2.75) is 44.3 Å². The number of rotatable bonds is 8. The van der Waals surface area contributed by atoms with E-state index in [1.807, 2.05) is 62.4 Å². The number of carboxylic acids is 1. The smallest absolute Gasteiger partial charge is 0.311 e. The molecular formula is C25H29NO5. The molecule has 2 aromatic carbocycles. The first kappa shape index (κ1) is 21.5. The van der Waals surface area contributed by atoms with Gasteiger partial charge in [-0.2, -0.15) is 0 Å². The lowest BCUT2D eigenvalue weighted by Crippen LogP contribution is -2.60. The average molecular weight is 424 g/mol. The van der Waals surface area contributed by atoms with Crippen LogP contribution in [-0.2, 0) is 19.9 Å². The third-order valence-electron chi connectivity index (χ3n) is 6.64. The van der Waals surface area contributed by atoms with Gasteiger partial charge in [-0.25, -0.2) is 0 Å². The van der Waals surface area contributed by atoms with E-state index in [-0.39, 0.29) is 18.4 Å². The third kappa shape index (κ3) is 3.25. The number of nitrogens with one attached hydrogen (secondary N) is 1. The first-order valence-corrected chi connectivity index (χ1v) is 11.0. The van der Waals surface area contributed by atoms with E-state index in [1.54, 1.807) is 0 Å². The van der Waals surface area contributed by atoms with Crippen molar-refractivity contribution in [1.29, 1.82) is 0 Å². The van der Waals surface area contributed by atoms with Crippen LogP contribution in [0, 0.1) is 11.8 Å². The molecule has 31 heavy (non-hydrogen) atoms. The maximum atomic E-state index is 13.3.